The van der Waals surface area contributed by atoms with Gasteiger partial charge in [-0.15, -0.1) is 6.58 Å². The van der Waals surface area contributed by atoms with E-state index < -0.39 is 0 Å². The van der Waals surface area contributed by atoms with Gasteiger partial charge in [-0.25, -0.2) is 4.98 Å². The fourth-order valence-corrected chi connectivity index (χ4v) is 2.64. The first kappa shape index (κ1) is 21.3. The second-order valence-electron chi connectivity index (χ2n) is 6.24. The van der Waals surface area contributed by atoms with Crippen LogP contribution in [0.5, 0.6) is 17.4 Å². The summed E-state index contributed by atoms with van der Waals surface area (Å²) >= 11 is 0. The third-order valence-electron chi connectivity index (χ3n) is 4.09. The Morgan fingerprint density at radius 3 is 2.68 bits per heavy atom. The number of unbranched alkanes of at least 4 members (excludes halogenated alkanes) is 1. The van der Waals surface area contributed by atoms with E-state index in [0.29, 0.717) is 30.5 Å². The van der Waals surface area contributed by atoms with Crippen LogP contribution in [0.15, 0.2) is 60.2 Å². The molecule has 1 N–H and O–H groups in total. The number of benzene rings is 1. The first-order chi connectivity index (χ1) is 13.7. The zero-order valence-electron chi connectivity index (χ0n) is 17.0. The highest BCUT2D eigenvalue weighted by Gasteiger charge is 2.07. The molecule has 2 aromatic rings. The zero-order chi connectivity index (χ0) is 20.2. The maximum Gasteiger partial charge on any atom is 0.219 e. The minimum atomic E-state index is 0.529. The molecule has 0 unspecified atom stereocenters. The Hall–Kier alpha value is -3.02. The number of aliphatic imine (C=N–C) groups is 1. The molecule has 2 rings (SSSR count). The van der Waals surface area contributed by atoms with Crippen molar-refractivity contribution >= 4 is 5.96 Å². The van der Waals surface area contributed by atoms with Crippen molar-refractivity contribution < 1.29 is 9.47 Å². The second-order valence-corrected chi connectivity index (χ2v) is 6.24. The van der Waals surface area contributed by atoms with E-state index in [1.807, 2.05) is 56.4 Å². The molecule has 0 bridgehead atoms. The molecule has 0 atom stereocenters. The fraction of sp³-hybridized carbons (Fsp3) is 0.364. The summed E-state index contributed by atoms with van der Waals surface area (Å²) in [5.74, 6) is 2.75. The van der Waals surface area contributed by atoms with E-state index in [1.165, 1.54) is 0 Å². The van der Waals surface area contributed by atoms with Gasteiger partial charge in [-0.05, 0) is 37.5 Å². The van der Waals surface area contributed by atoms with Gasteiger partial charge in [0.25, 0.3) is 0 Å². The smallest absolute Gasteiger partial charge is 0.219 e. The van der Waals surface area contributed by atoms with Crippen molar-refractivity contribution in [1.82, 2.24) is 15.2 Å². The maximum atomic E-state index is 5.86. The molecule has 150 valence electrons. The van der Waals surface area contributed by atoms with Gasteiger partial charge in [-0.1, -0.05) is 24.3 Å². The van der Waals surface area contributed by atoms with Crippen LogP contribution in [0.3, 0.4) is 0 Å². The van der Waals surface area contributed by atoms with Crippen LogP contribution >= 0.6 is 0 Å². The minimum Gasteiger partial charge on any atom is -0.490 e. The Morgan fingerprint density at radius 2 is 2.04 bits per heavy atom. The number of rotatable bonds is 10. The highest BCUT2D eigenvalue weighted by atomic mass is 16.5. The van der Waals surface area contributed by atoms with Gasteiger partial charge in [-0.3, -0.25) is 4.99 Å². The second kappa shape index (κ2) is 11.6. The monoisotopic (exact) mass is 382 g/mol. The number of guanidine groups is 1. The van der Waals surface area contributed by atoms with Gasteiger partial charge in [0.05, 0.1) is 6.61 Å². The molecular weight excluding hydrogens is 352 g/mol. The van der Waals surface area contributed by atoms with Crippen LogP contribution in [0.4, 0.5) is 0 Å². The summed E-state index contributed by atoms with van der Waals surface area (Å²) < 4.78 is 11.4. The van der Waals surface area contributed by atoms with E-state index >= 15 is 0 Å². The number of nitrogens with zero attached hydrogens (tertiary/aromatic N) is 3. The number of ether oxygens (including phenoxy) is 2. The van der Waals surface area contributed by atoms with Crippen molar-refractivity contribution in [3.63, 3.8) is 0 Å². The Bertz CT molecular complexity index is 759. The molecule has 0 saturated heterocycles. The fourth-order valence-electron chi connectivity index (χ4n) is 2.64. The number of hydrogen-bond donors (Lipinski definition) is 1. The average Bonchev–Trinajstić information content (AvgIpc) is 2.71. The van der Waals surface area contributed by atoms with E-state index in [1.54, 1.807) is 13.2 Å². The van der Waals surface area contributed by atoms with Crippen LogP contribution in [0.25, 0.3) is 0 Å². The summed E-state index contributed by atoms with van der Waals surface area (Å²) in [6.45, 7) is 7.86. The summed E-state index contributed by atoms with van der Waals surface area (Å²) in [7, 11) is 3.82. The summed E-state index contributed by atoms with van der Waals surface area (Å²) in [6, 6.07) is 11.4. The molecule has 0 amide bonds. The summed E-state index contributed by atoms with van der Waals surface area (Å²) in [5, 5.41) is 3.36. The van der Waals surface area contributed by atoms with Crippen LogP contribution < -0.4 is 14.8 Å². The van der Waals surface area contributed by atoms with Crippen molar-refractivity contribution in [3.05, 3.63) is 60.8 Å². The lowest BCUT2D eigenvalue weighted by Crippen LogP contribution is -2.38. The molecule has 1 aromatic heterocycles. The van der Waals surface area contributed by atoms with Gasteiger partial charge in [0.1, 0.15) is 0 Å². The molecule has 0 aliphatic heterocycles. The highest BCUT2D eigenvalue weighted by Crippen LogP contribution is 2.30. The van der Waals surface area contributed by atoms with Crippen LogP contribution in [0.1, 0.15) is 25.3 Å². The summed E-state index contributed by atoms with van der Waals surface area (Å²) in [5.41, 5.74) is 1.05. The molecular formula is C22H30N4O2. The predicted molar refractivity (Wildman–Crippen MR) is 114 cm³/mol. The first-order valence-electron chi connectivity index (χ1n) is 9.55. The van der Waals surface area contributed by atoms with E-state index in [4.69, 9.17) is 9.47 Å². The van der Waals surface area contributed by atoms with Crippen LogP contribution in [0, 0.1) is 0 Å². The third kappa shape index (κ3) is 6.61. The molecule has 1 aromatic carbocycles. The molecule has 6 nitrogen and oxygen atoms in total. The molecule has 28 heavy (non-hydrogen) atoms. The first-order valence-corrected chi connectivity index (χ1v) is 9.55. The number of aromatic nitrogens is 1. The lowest BCUT2D eigenvalue weighted by Gasteiger charge is -2.21. The SMILES string of the molecule is C=CCCCN(C)C(=NC)NCc1ccc(Oc2ccccc2OCC)nc1. The topological polar surface area (TPSA) is 59.0 Å². The largest absolute Gasteiger partial charge is 0.490 e. The van der Waals surface area contributed by atoms with Gasteiger partial charge in [0.15, 0.2) is 17.5 Å². The lowest BCUT2D eigenvalue weighted by molar-refractivity contribution is 0.319. The zero-order valence-corrected chi connectivity index (χ0v) is 17.0. The number of para-hydroxylation sites is 2. The summed E-state index contributed by atoms with van der Waals surface area (Å²) in [6.07, 6.45) is 5.79. The van der Waals surface area contributed by atoms with Gasteiger partial charge in [0.2, 0.25) is 5.88 Å². The van der Waals surface area contributed by atoms with Crippen molar-refractivity contribution in [3.8, 4) is 17.4 Å². The van der Waals surface area contributed by atoms with E-state index in [0.717, 1.165) is 30.9 Å². The Balaban J connectivity index is 1.91. The molecule has 6 heteroatoms. The van der Waals surface area contributed by atoms with E-state index in [-0.39, 0.29) is 0 Å². The lowest BCUT2D eigenvalue weighted by atomic mass is 10.3. The third-order valence-corrected chi connectivity index (χ3v) is 4.09. The van der Waals surface area contributed by atoms with Gasteiger partial charge in [0, 0.05) is 39.4 Å². The molecule has 0 saturated carbocycles. The average molecular weight is 383 g/mol. The number of allylic oxidation sites excluding steroid dienone is 1. The van der Waals surface area contributed by atoms with Crippen molar-refractivity contribution in [2.45, 2.75) is 26.3 Å². The van der Waals surface area contributed by atoms with Crippen molar-refractivity contribution in [2.75, 3.05) is 27.2 Å². The van der Waals surface area contributed by atoms with Crippen LogP contribution in [-0.2, 0) is 6.54 Å². The minimum absolute atomic E-state index is 0.529. The van der Waals surface area contributed by atoms with Gasteiger partial charge >= 0.3 is 0 Å². The molecule has 0 aliphatic rings. The molecule has 0 aliphatic carbocycles. The molecule has 1 heterocycles. The quantitative estimate of drug-likeness (QED) is 0.288. The highest BCUT2D eigenvalue weighted by molar-refractivity contribution is 5.79. The normalized spacial score (nSPS) is 11.0. The van der Waals surface area contributed by atoms with Crippen LogP contribution in [0.2, 0.25) is 0 Å². The Labute approximate surface area is 167 Å². The van der Waals surface area contributed by atoms with Gasteiger partial charge in [-0.2, -0.15) is 0 Å². The van der Waals surface area contributed by atoms with Crippen molar-refractivity contribution in [1.29, 1.82) is 0 Å². The van der Waals surface area contributed by atoms with E-state index in [9.17, 15) is 0 Å². The number of nitrogens with one attached hydrogen (secondary N) is 1. The van der Waals surface area contributed by atoms with E-state index in [2.05, 4.69) is 26.8 Å². The molecule has 0 fully saturated rings. The van der Waals surface area contributed by atoms with Crippen LogP contribution in [-0.4, -0.2) is 43.1 Å². The van der Waals surface area contributed by atoms with Crippen molar-refractivity contribution in [2.24, 2.45) is 4.99 Å². The number of pyridine rings is 1. The standard InChI is InChI=1S/C22H30N4O2/c1-5-7-10-15-26(4)22(23-3)25-17-18-13-14-21(24-16-18)28-20-12-9-8-11-19(20)27-6-2/h5,8-9,11-14,16H,1,6-7,10,15,17H2,2-4H3,(H,23,25). The number of hydrogen-bond acceptors (Lipinski definition) is 4. The molecule has 0 spiro atoms. The maximum absolute atomic E-state index is 5.86. The Kier molecular flexibility index (Phi) is 8.85. The predicted octanol–water partition coefficient (Wildman–Crippen LogP) is 4.25. The molecule has 0 radical (unpaired) electrons. The summed E-state index contributed by atoms with van der Waals surface area (Å²) in [4.78, 5) is 10.8. The Morgan fingerprint density at radius 1 is 1.25 bits per heavy atom. The van der Waals surface area contributed by atoms with Gasteiger partial charge < -0.3 is 19.7 Å².